The molecule has 1 aliphatic carbocycles. The van der Waals surface area contributed by atoms with Crippen LogP contribution in [0.15, 0.2) is 6.33 Å². The molecule has 4 heteroatoms. The molecular weight excluding hydrogens is 248 g/mol. The summed E-state index contributed by atoms with van der Waals surface area (Å²) in [5.41, 5.74) is 2.68. The molecule has 3 heterocycles. The van der Waals surface area contributed by atoms with Gasteiger partial charge in [-0.05, 0) is 32.2 Å². The van der Waals surface area contributed by atoms with E-state index in [-0.39, 0.29) is 0 Å². The molecule has 0 bridgehead atoms. The summed E-state index contributed by atoms with van der Waals surface area (Å²) in [6, 6.07) is 0.745. The summed E-state index contributed by atoms with van der Waals surface area (Å²) in [5, 5.41) is 0. The maximum absolute atomic E-state index is 4.69. The molecule has 0 radical (unpaired) electrons. The fourth-order valence-corrected chi connectivity index (χ4v) is 4.38. The van der Waals surface area contributed by atoms with Crippen LogP contribution >= 0.6 is 0 Å². The SMILES string of the molecule is CN1CCc2ncnc(N3CC[C@H]4CCCC[C@H]43)c2C1. The van der Waals surface area contributed by atoms with Crippen molar-refractivity contribution in [3.63, 3.8) is 0 Å². The van der Waals surface area contributed by atoms with E-state index < -0.39 is 0 Å². The Labute approximate surface area is 121 Å². The molecule has 108 valence electrons. The van der Waals surface area contributed by atoms with Crippen LogP contribution in [0.1, 0.15) is 43.4 Å². The molecule has 4 rings (SSSR count). The number of rotatable bonds is 1. The Morgan fingerprint density at radius 1 is 1.10 bits per heavy atom. The monoisotopic (exact) mass is 272 g/mol. The first-order valence-electron chi connectivity index (χ1n) is 8.11. The van der Waals surface area contributed by atoms with E-state index in [1.54, 1.807) is 6.33 Å². The first-order chi connectivity index (χ1) is 9.83. The molecule has 20 heavy (non-hydrogen) atoms. The number of likely N-dealkylation sites (N-methyl/N-ethyl adjacent to an activating group) is 1. The molecule has 0 amide bonds. The summed E-state index contributed by atoms with van der Waals surface area (Å²) in [6.07, 6.45) is 9.83. The van der Waals surface area contributed by atoms with Gasteiger partial charge in [0, 0.05) is 37.7 Å². The molecule has 1 saturated carbocycles. The normalized spacial score (nSPS) is 30.1. The average molecular weight is 272 g/mol. The lowest BCUT2D eigenvalue weighted by molar-refractivity contribution is 0.307. The first-order valence-corrected chi connectivity index (χ1v) is 8.11. The Kier molecular flexibility index (Phi) is 3.14. The van der Waals surface area contributed by atoms with E-state index in [4.69, 9.17) is 0 Å². The van der Waals surface area contributed by atoms with Gasteiger partial charge in [-0.1, -0.05) is 12.8 Å². The molecule has 0 spiro atoms. The van der Waals surface area contributed by atoms with Gasteiger partial charge in [-0.15, -0.1) is 0 Å². The van der Waals surface area contributed by atoms with E-state index in [1.807, 2.05) is 0 Å². The smallest absolute Gasteiger partial charge is 0.137 e. The fraction of sp³-hybridized carbons (Fsp3) is 0.750. The Bertz CT molecular complexity index is 501. The van der Waals surface area contributed by atoms with E-state index in [9.17, 15) is 0 Å². The largest absolute Gasteiger partial charge is 0.353 e. The second kappa shape index (κ2) is 4.99. The highest BCUT2D eigenvalue weighted by atomic mass is 15.3. The lowest BCUT2D eigenvalue weighted by Gasteiger charge is -2.35. The van der Waals surface area contributed by atoms with Crippen molar-refractivity contribution in [2.75, 3.05) is 25.0 Å². The first kappa shape index (κ1) is 12.6. The van der Waals surface area contributed by atoms with Crippen molar-refractivity contribution in [2.45, 2.75) is 51.1 Å². The second-order valence-corrected chi connectivity index (χ2v) is 6.70. The van der Waals surface area contributed by atoms with Crippen LogP contribution in [0.25, 0.3) is 0 Å². The number of hydrogen-bond acceptors (Lipinski definition) is 4. The Hall–Kier alpha value is -1.16. The van der Waals surface area contributed by atoms with Gasteiger partial charge in [0.1, 0.15) is 12.1 Å². The molecule has 1 aromatic heterocycles. The number of anilines is 1. The molecule has 1 aromatic rings. The van der Waals surface area contributed by atoms with Gasteiger partial charge < -0.3 is 9.80 Å². The van der Waals surface area contributed by atoms with Crippen molar-refractivity contribution in [3.05, 3.63) is 17.6 Å². The minimum Gasteiger partial charge on any atom is -0.353 e. The Morgan fingerprint density at radius 3 is 2.95 bits per heavy atom. The standard InChI is InChI=1S/C16H24N4/c1-19-8-7-14-13(10-19)16(18-11-17-14)20-9-6-12-4-2-3-5-15(12)20/h11-12,15H,2-10H2,1H3/t12-,15-/m1/s1. The average Bonchev–Trinajstić information content (AvgIpc) is 2.90. The van der Waals surface area contributed by atoms with Crippen LogP contribution in [0.2, 0.25) is 0 Å². The lowest BCUT2D eigenvalue weighted by atomic mass is 9.85. The maximum atomic E-state index is 4.69. The summed E-state index contributed by atoms with van der Waals surface area (Å²) in [7, 11) is 2.20. The van der Waals surface area contributed by atoms with Crippen LogP contribution in [-0.4, -0.2) is 41.0 Å². The molecule has 3 aliphatic rings. The molecule has 0 N–H and O–H groups in total. The van der Waals surface area contributed by atoms with E-state index in [2.05, 4.69) is 26.8 Å². The lowest BCUT2D eigenvalue weighted by Crippen LogP contribution is -2.37. The molecule has 2 atom stereocenters. The number of fused-ring (bicyclic) bond motifs is 2. The van der Waals surface area contributed by atoms with Gasteiger partial charge in [0.15, 0.2) is 0 Å². The summed E-state index contributed by atoms with van der Waals surface area (Å²) >= 11 is 0. The number of aromatic nitrogens is 2. The predicted octanol–water partition coefficient (Wildman–Crippen LogP) is 2.23. The highest BCUT2D eigenvalue weighted by Crippen LogP contribution is 2.39. The fourth-order valence-electron chi connectivity index (χ4n) is 4.38. The molecule has 1 saturated heterocycles. The van der Waals surface area contributed by atoms with Gasteiger partial charge in [-0.25, -0.2) is 9.97 Å². The van der Waals surface area contributed by atoms with Gasteiger partial charge in [0.2, 0.25) is 0 Å². The van der Waals surface area contributed by atoms with E-state index in [1.165, 1.54) is 55.7 Å². The summed E-state index contributed by atoms with van der Waals surface area (Å²) in [6.45, 7) is 3.33. The Balaban J connectivity index is 1.68. The summed E-state index contributed by atoms with van der Waals surface area (Å²) < 4.78 is 0. The number of nitrogens with zero attached hydrogens (tertiary/aromatic N) is 4. The van der Waals surface area contributed by atoms with Crippen LogP contribution in [-0.2, 0) is 13.0 Å². The van der Waals surface area contributed by atoms with Crippen molar-refractivity contribution in [2.24, 2.45) is 5.92 Å². The van der Waals surface area contributed by atoms with Crippen molar-refractivity contribution < 1.29 is 0 Å². The third-order valence-electron chi connectivity index (χ3n) is 5.45. The van der Waals surface area contributed by atoms with Gasteiger partial charge >= 0.3 is 0 Å². The zero-order valence-electron chi connectivity index (χ0n) is 12.4. The highest BCUT2D eigenvalue weighted by molar-refractivity contribution is 5.51. The third-order valence-corrected chi connectivity index (χ3v) is 5.45. The van der Waals surface area contributed by atoms with Gasteiger partial charge in [-0.3, -0.25) is 0 Å². The van der Waals surface area contributed by atoms with Gasteiger partial charge in [0.25, 0.3) is 0 Å². The van der Waals surface area contributed by atoms with Crippen LogP contribution in [0.3, 0.4) is 0 Å². The van der Waals surface area contributed by atoms with Crippen molar-refractivity contribution in [1.82, 2.24) is 14.9 Å². The van der Waals surface area contributed by atoms with Crippen LogP contribution in [0.4, 0.5) is 5.82 Å². The molecule has 0 aromatic carbocycles. The summed E-state index contributed by atoms with van der Waals surface area (Å²) in [4.78, 5) is 14.2. The number of hydrogen-bond donors (Lipinski definition) is 0. The van der Waals surface area contributed by atoms with Crippen LogP contribution in [0.5, 0.6) is 0 Å². The Morgan fingerprint density at radius 2 is 2.00 bits per heavy atom. The van der Waals surface area contributed by atoms with Gasteiger partial charge in [-0.2, -0.15) is 0 Å². The maximum Gasteiger partial charge on any atom is 0.137 e. The van der Waals surface area contributed by atoms with E-state index >= 15 is 0 Å². The minimum atomic E-state index is 0.745. The zero-order chi connectivity index (χ0) is 13.5. The molecule has 4 nitrogen and oxygen atoms in total. The van der Waals surface area contributed by atoms with Crippen molar-refractivity contribution >= 4 is 5.82 Å². The highest BCUT2D eigenvalue weighted by Gasteiger charge is 2.37. The molecular formula is C16H24N4. The topological polar surface area (TPSA) is 32.3 Å². The van der Waals surface area contributed by atoms with E-state index in [0.29, 0.717) is 0 Å². The molecule has 0 unspecified atom stereocenters. The van der Waals surface area contributed by atoms with Crippen LogP contribution < -0.4 is 4.90 Å². The molecule has 2 fully saturated rings. The van der Waals surface area contributed by atoms with E-state index in [0.717, 1.165) is 31.5 Å². The van der Waals surface area contributed by atoms with Crippen LogP contribution in [0, 0.1) is 5.92 Å². The zero-order valence-corrected chi connectivity index (χ0v) is 12.4. The quantitative estimate of drug-likeness (QED) is 0.785. The second-order valence-electron chi connectivity index (χ2n) is 6.70. The third kappa shape index (κ3) is 2.01. The summed E-state index contributed by atoms with van der Waals surface area (Å²) in [5.74, 6) is 2.16. The van der Waals surface area contributed by atoms with Crippen molar-refractivity contribution in [3.8, 4) is 0 Å². The van der Waals surface area contributed by atoms with Gasteiger partial charge in [0.05, 0.1) is 5.69 Å². The molecule has 2 aliphatic heterocycles. The minimum absolute atomic E-state index is 0.745. The predicted molar refractivity (Wildman–Crippen MR) is 79.8 cm³/mol. The van der Waals surface area contributed by atoms with Crippen molar-refractivity contribution in [1.29, 1.82) is 0 Å².